The van der Waals surface area contributed by atoms with Crippen LogP contribution in [0.15, 0.2) is 66.7 Å². The van der Waals surface area contributed by atoms with Crippen LogP contribution in [-0.4, -0.2) is 12.6 Å². The van der Waals surface area contributed by atoms with E-state index >= 15 is 0 Å². The molecule has 0 aromatic heterocycles. The van der Waals surface area contributed by atoms with Crippen LogP contribution in [0.3, 0.4) is 0 Å². The van der Waals surface area contributed by atoms with E-state index in [2.05, 4.69) is 0 Å². The highest BCUT2D eigenvalue weighted by Gasteiger charge is 1.80. The first-order chi connectivity index (χ1) is 8.86. The minimum absolute atomic E-state index is 0.729. The molecule has 0 spiro atoms. The summed E-state index contributed by atoms with van der Waals surface area (Å²) in [6.45, 7) is 0. The lowest BCUT2D eigenvalue weighted by atomic mass is 10.2. The minimum Gasteiger partial charge on any atom is -0.299 e. The fraction of sp³-hybridized carbons (Fsp3) is 0. The second-order valence-electron chi connectivity index (χ2n) is 3.43. The van der Waals surface area contributed by atoms with Gasteiger partial charge in [-0.2, -0.15) is 0 Å². The molecule has 0 N–H and O–H groups in total. The average Bonchev–Trinajstić information content (AvgIpc) is 2.48. The maximum atomic E-state index is 10.0. The second kappa shape index (κ2) is 8.65. The zero-order valence-corrected chi connectivity index (χ0v) is 9.90. The largest absolute Gasteiger partial charge is 0.299 e. The summed E-state index contributed by atoms with van der Waals surface area (Å²) in [4.78, 5) is 19.9. The Balaban J connectivity index is 0.000000184. The third kappa shape index (κ3) is 5.56. The van der Waals surface area contributed by atoms with Crippen molar-refractivity contribution in [3.63, 3.8) is 0 Å². The van der Waals surface area contributed by atoms with E-state index in [4.69, 9.17) is 0 Å². The Kier molecular flexibility index (Phi) is 6.53. The molecule has 0 radical (unpaired) electrons. The van der Waals surface area contributed by atoms with Gasteiger partial charge in [-0.1, -0.05) is 66.7 Å². The summed E-state index contributed by atoms with van der Waals surface area (Å²) in [6.07, 6.45) is 4.86. The minimum atomic E-state index is 0.729. The molecule has 0 saturated heterocycles. The molecule has 0 fully saturated rings. The topological polar surface area (TPSA) is 34.1 Å². The van der Waals surface area contributed by atoms with Crippen LogP contribution < -0.4 is 0 Å². The maximum Gasteiger partial charge on any atom is 0.150 e. The van der Waals surface area contributed by atoms with Crippen molar-refractivity contribution in [3.05, 3.63) is 77.9 Å². The quantitative estimate of drug-likeness (QED) is 0.606. The Morgan fingerprint density at radius 2 is 1.17 bits per heavy atom. The van der Waals surface area contributed by atoms with Crippen LogP contribution >= 0.6 is 0 Å². The fourth-order valence-electron chi connectivity index (χ4n) is 1.25. The molecule has 2 aromatic carbocycles. The summed E-state index contributed by atoms with van der Waals surface area (Å²) in [6, 6.07) is 18.8. The van der Waals surface area contributed by atoms with Gasteiger partial charge in [-0.3, -0.25) is 9.59 Å². The highest BCUT2D eigenvalue weighted by atomic mass is 16.1. The monoisotopic (exact) mass is 238 g/mol. The first kappa shape index (κ1) is 13.6. The maximum absolute atomic E-state index is 10.0. The summed E-state index contributed by atoms with van der Waals surface area (Å²) in [7, 11) is 0. The van der Waals surface area contributed by atoms with E-state index < -0.39 is 0 Å². The molecular formula is C16H14O2. The van der Waals surface area contributed by atoms with E-state index in [9.17, 15) is 9.59 Å². The number of carbonyl (C=O) groups is 2. The van der Waals surface area contributed by atoms with Crippen LogP contribution in [0.4, 0.5) is 0 Å². The molecule has 18 heavy (non-hydrogen) atoms. The SMILES string of the molecule is O=CC=Cc1ccccc1.O=Cc1ccccc1. The van der Waals surface area contributed by atoms with E-state index in [1.165, 1.54) is 6.08 Å². The number of allylic oxidation sites excluding steroid dienone is 1. The normalized spacial score (nSPS) is 9.33. The summed E-state index contributed by atoms with van der Waals surface area (Å²) in [5, 5.41) is 0. The first-order valence-electron chi connectivity index (χ1n) is 5.54. The molecule has 0 bridgehead atoms. The van der Waals surface area contributed by atoms with Gasteiger partial charge in [0.25, 0.3) is 0 Å². The Morgan fingerprint density at radius 3 is 1.56 bits per heavy atom. The van der Waals surface area contributed by atoms with Crippen molar-refractivity contribution >= 4 is 18.6 Å². The molecule has 0 aliphatic rings. The smallest absolute Gasteiger partial charge is 0.150 e. The van der Waals surface area contributed by atoms with Gasteiger partial charge in [-0.25, -0.2) is 0 Å². The molecule has 2 heteroatoms. The molecule has 2 nitrogen and oxygen atoms in total. The van der Waals surface area contributed by atoms with Gasteiger partial charge in [-0.05, 0) is 11.6 Å². The highest BCUT2D eigenvalue weighted by Crippen LogP contribution is 1.99. The number of hydrogen-bond donors (Lipinski definition) is 0. The molecule has 90 valence electrons. The lowest BCUT2D eigenvalue weighted by Gasteiger charge is -1.86. The fourth-order valence-corrected chi connectivity index (χ4v) is 1.25. The second-order valence-corrected chi connectivity index (χ2v) is 3.43. The molecule has 2 rings (SSSR count). The number of hydrogen-bond acceptors (Lipinski definition) is 2. The average molecular weight is 238 g/mol. The molecule has 0 aliphatic heterocycles. The van der Waals surface area contributed by atoms with E-state index in [0.717, 1.165) is 23.7 Å². The highest BCUT2D eigenvalue weighted by molar-refractivity contribution is 5.74. The van der Waals surface area contributed by atoms with Crippen molar-refractivity contribution < 1.29 is 9.59 Å². The molecule has 0 unspecified atom stereocenters. The third-order valence-corrected chi connectivity index (χ3v) is 2.10. The Labute approximate surface area is 107 Å². The molecular weight excluding hydrogens is 224 g/mol. The molecule has 0 amide bonds. The Bertz CT molecular complexity index is 487. The van der Waals surface area contributed by atoms with Crippen molar-refractivity contribution in [2.45, 2.75) is 0 Å². The number of carbonyl (C=O) groups excluding carboxylic acids is 2. The van der Waals surface area contributed by atoms with Gasteiger partial charge in [0.2, 0.25) is 0 Å². The van der Waals surface area contributed by atoms with Crippen LogP contribution in [0, 0.1) is 0 Å². The Morgan fingerprint density at radius 1 is 0.667 bits per heavy atom. The van der Waals surface area contributed by atoms with Crippen molar-refractivity contribution in [2.24, 2.45) is 0 Å². The summed E-state index contributed by atoms with van der Waals surface area (Å²) < 4.78 is 0. The predicted molar refractivity (Wildman–Crippen MR) is 73.4 cm³/mol. The summed E-state index contributed by atoms with van der Waals surface area (Å²) in [5.74, 6) is 0. The van der Waals surface area contributed by atoms with Crippen molar-refractivity contribution in [3.8, 4) is 0 Å². The van der Waals surface area contributed by atoms with Crippen LogP contribution in [0.1, 0.15) is 15.9 Å². The van der Waals surface area contributed by atoms with E-state index in [1.54, 1.807) is 18.2 Å². The van der Waals surface area contributed by atoms with Crippen LogP contribution in [0.25, 0.3) is 6.08 Å². The van der Waals surface area contributed by atoms with Gasteiger partial charge in [0.1, 0.15) is 12.6 Å². The molecule has 0 heterocycles. The van der Waals surface area contributed by atoms with Gasteiger partial charge in [0.05, 0.1) is 0 Å². The molecule has 2 aromatic rings. The Hall–Kier alpha value is -2.48. The van der Waals surface area contributed by atoms with Gasteiger partial charge >= 0.3 is 0 Å². The van der Waals surface area contributed by atoms with E-state index in [1.807, 2.05) is 48.5 Å². The summed E-state index contributed by atoms with van der Waals surface area (Å²) >= 11 is 0. The standard InChI is InChI=1S/C9H8O.C7H6O/c10-8-4-7-9-5-2-1-3-6-9;8-6-7-4-2-1-3-5-7/h1-8H;1-6H. The van der Waals surface area contributed by atoms with Crippen molar-refractivity contribution in [1.29, 1.82) is 0 Å². The zero-order chi connectivity index (χ0) is 13.1. The molecule has 0 saturated carbocycles. The summed E-state index contributed by atoms with van der Waals surface area (Å²) in [5.41, 5.74) is 1.78. The van der Waals surface area contributed by atoms with Crippen LogP contribution in [0.2, 0.25) is 0 Å². The third-order valence-electron chi connectivity index (χ3n) is 2.10. The van der Waals surface area contributed by atoms with E-state index in [0.29, 0.717) is 0 Å². The van der Waals surface area contributed by atoms with Gasteiger partial charge in [0.15, 0.2) is 0 Å². The van der Waals surface area contributed by atoms with Gasteiger partial charge in [-0.15, -0.1) is 0 Å². The lowest BCUT2D eigenvalue weighted by molar-refractivity contribution is -0.104. The zero-order valence-electron chi connectivity index (χ0n) is 9.90. The first-order valence-corrected chi connectivity index (χ1v) is 5.54. The lowest BCUT2D eigenvalue weighted by Crippen LogP contribution is -1.73. The van der Waals surface area contributed by atoms with Gasteiger partial charge < -0.3 is 0 Å². The number of rotatable bonds is 3. The van der Waals surface area contributed by atoms with Gasteiger partial charge in [0, 0.05) is 5.56 Å². The van der Waals surface area contributed by atoms with E-state index in [-0.39, 0.29) is 0 Å². The van der Waals surface area contributed by atoms with Crippen LogP contribution in [0.5, 0.6) is 0 Å². The molecule has 0 atom stereocenters. The van der Waals surface area contributed by atoms with Crippen LogP contribution in [-0.2, 0) is 4.79 Å². The number of aldehydes is 2. The van der Waals surface area contributed by atoms with Crippen molar-refractivity contribution in [2.75, 3.05) is 0 Å². The number of benzene rings is 2. The predicted octanol–water partition coefficient (Wildman–Crippen LogP) is 3.40. The molecule has 0 aliphatic carbocycles. The van der Waals surface area contributed by atoms with Crippen molar-refractivity contribution in [1.82, 2.24) is 0 Å².